The third-order valence-corrected chi connectivity index (χ3v) is 6.87. The summed E-state index contributed by atoms with van der Waals surface area (Å²) in [6.45, 7) is 2.60. The number of fused-ring (bicyclic) bond motifs is 2. The van der Waals surface area contributed by atoms with E-state index < -0.39 is 22.9 Å². The second kappa shape index (κ2) is 8.48. The molecule has 2 radical (unpaired) electrons. The van der Waals surface area contributed by atoms with E-state index in [0.29, 0.717) is 24.5 Å². The molecule has 0 atom stereocenters. The van der Waals surface area contributed by atoms with Gasteiger partial charge in [0.15, 0.2) is 11.5 Å². The van der Waals surface area contributed by atoms with Gasteiger partial charge in [-0.15, -0.1) is 0 Å². The molecule has 1 fully saturated rings. The van der Waals surface area contributed by atoms with Crippen molar-refractivity contribution in [3.63, 3.8) is 0 Å². The van der Waals surface area contributed by atoms with Crippen molar-refractivity contribution in [1.29, 1.82) is 0 Å². The molecule has 1 saturated heterocycles. The van der Waals surface area contributed by atoms with Gasteiger partial charge in [0.2, 0.25) is 0 Å². The summed E-state index contributed by atoms with van der Waals surface area (Å²) in [6, 6.07) is 5.48. The summed E-state index contributed by atoms with van der Waals surface area (Å²) in [6.07, 6.45) is 2.24. The largest absolute Gasteiger partial charge is 0.506 e. The number of halogens is 1. The molecule has 12 heteroatoms. The number of benzene rings is 2. The molecule has 4 aromatic rings. The number of aromatic hydroxyl groups is 3. The fourth-order valence-electron chi connectivity index (χ4n) is 4.91. The van der Waals surface area contributed by atoms with E-state index in [9.17, 15) is 24.9 Å². The molecule has 10 nitrogen and oxygen atoms in total. The molecule has 5 N–H and O–H groups in total. The van der Waals surface area contributed by atoms with Gasteiger partial charge in [-0.25, -0.2) is 9.59 Å². The zero-order valence-corrected chi connectivity index (χ0v) is 19.0. The smallest absolute Gasteiger partial charge is 0.326 e. The Kier molecular flexibility index (Phi) is 5.61. The lowest BCUT2D eigenvalue weighted by atomic mass is 9.92. The molecule has 0 aliphatic carbocycles. The van der Waals surface area contributed by atoms with E-state index in [-0.39, 0.29) is 28.2 Å². The summed E-state index contributed by atoms with van der Waals surface area (Å²) >= 11 is 6.04. The first-order valence-corrected chi connectivity index (χ1v) is 11.4. The molecule has 176 valence electrons. The zero-order valence-electron chi connectivity index (χ0n) is 18.2. The Morgan fingerprint density at radius 1 is 1.00 bits per heavy atom. The van der Waals surface area contributed by atoms with Crippen LogP contribution in [0.1, 0.15) is 25.3 Å². The number of hydrogen-bond acceptors (Lipinski definition) is 6. The summed E-state index contributed by atoms with van der Waals surface area (Å²) in [5.41, 5.74) is 0.559. The Morgan fingerprint density at radius 3 is 2.47 bits per heavy atom. The number of phenolic OH excluding ortho intramolecular Hbond substituents is 3. The van der Waals surface area contributed by atoms with Crippen LogP contribution in [0.4, 0.5) is 0 Å². The number of piperidine rings is 1. The maximum absolute atomic E-state index is 12.5. The monoisotopic (exact) mass is 483 g/mol. The molecule has 0 bridgehead atoms. The van der Waals surface area contributed by atoms with Gasteiger partial charge in [0, 0.05) is 30.7 Å². The molecular formula is C22H23BClN5O5. The molecule has 0 unspecified atom stereocenters. The van der Waals surface area contributed by atoms with Crippen molar-refractivity contribution >= 4 is 47.0 Å². The molecule has 3 heterocycles. The summed E-state index contributed by atoms with van der Waals surface area (Å²) in [5, 5.41) is 30.8. The summed E-state index contributed by atoms with van der Waals surface area (Å²) in [4.78, 5) is 32.5. The van der Waals surface area contributed by atoms with E-state index in [0.717, 1.165) is 37.0 Å². The summed E-state index contributed by atoms with van der Waals surface area (Å²) < 4.78 is 3.12. The predicted octanol–water partition coefficient (Wildman–Crippen LogP) is 1.26. The molecule has 2 aromatic heterocycles. The second-order valence-electron chi connectivity index (χ2n) is 8.65. The lowest BCUT2D eigenvalue weighted by Gasteiger charge is -2.32. The maximum atomic E-state index is 12.5. The molecule has 1 aliphatic heterocycles. The Labute approximate surface area is 199 Å². The average Bonchev–Trinajstić information content (AvgIpc) is 3.32. The Morgan fingerprint density at radius 2 is 1.74 bits per heavy atom. The van der Waals surface area contributed by atoms with Crippen molar-refractivity contribution in [2.24, 2.45) is 0 Å². The van der Waals surface area contributed by atoms with Gasteiger partial charge in [0.05, 0.1) is 11.0 Å². The number of nitrogens with zero attached hydrogens (tertiary/aromatic N) is 3. The normalized spacial score (nSPS) is 15.6. The number of aromatic nitrogens is 4. The van der Waals surface area contributed by atoms with Crippen LogP contribution in [0, 0.1) is 0 Å². The first kappa shape index (κ1) is 22.5. The van der Waals surface area contributed by atoms with Gasteiger partial charge < -0.3 is 30.2 Å². The first-order valence-electron chi connectivity index (χ1n) is 11.0. The molecule has 0 saturated carbocycles. The van der Waals surface area contributed by atoms with Crippen LogP contribution in [0.2, 0.25) is 5.02 Å². The number of rotatable bonds is 5. The van der Waals surface area contributed by atoms with Crippen LogP contribution >= 0.6 is 11.6 Å². The fourth-order valence-corrected chi connectivity index (χ4v) is 5.08. The number of nitrogens with one attached hydrogen (secondary N) is 2. The SMILES string of the molecule is [B]c1c(O)c(O)c2[nH]c(=O)n(CCCN3CCC(n4c(=O)[nH]c5cc(Cl)ccc54)CC3)c2c1O. The predicted molar refractivity (Wildman–Crippen MR) is 130 cm³/mol. The lowest BCUT2D eigenvalue weighted by Crippen LogP contribution is -2.37. The van der Waals surface area contributed by atoms with Crippen LogP contribution < -0.4 is 16.8 Å². The van der Waals surface area contributed by atoms with Crippen LogP contribution in [-0.2, 0) is 6.54 Å². The van der Waals surface area contributed by atoms with Crippen LogP contribution in [0.5, 0.6) is 17.2 Å². The topological polar surface area (TPSA) is 140 Å². The minimum absolute atomic E-state index is 0.0551. The third-order valence-electron chi connectivity index (χ3n) is 6.64. The number of likely N-dealkylation sites (tertiary alicyclic amines) is 1. The van der Waals surface area contributed by atoms with Crippen molar-refractivity contribution in [2.45, 2.75) is 31.8 Å². The van der Waals surface area contributed by atoms with Gasteiger partial charge in [-0.2, -0.15) is 0 Å². The molecule has 0 amide bonds. The van der Waals surface area contributed by atoms with Crippen LogP contribution in [0.3, 0.4) is 0 Å². The van der Waals surface area contributed by atoms with E-state index in [1.165, 1.54) is 4.57 Å². The molecule has 2 aromatic carbocycles. The Hall–Kier alpha value is -3.31. The Bertz CT molecular complexity index is 1510. The van der Waals surface area contributed by atoms with Crippen molar-refractivity contribution in [3.8, 4) is 17.2 Å². The minimum atomic E-state index is -0.668. The quantitative estimate of drug-likeness (QED) is 0.164. The van der Waals surface area contributed by atoms with Crippen molar-refractivity contribution in [3.05, 3.63) is 44.2 Å². The number of aromatic amines is 2. The number of imidazole rings is 2. The summed E-state index contributed by atoms with van der Waals surface area (Å²) in [7, 11) is 5.65. The van der Waals surface area contributed by atoms with Crippen molar-refractivity contribution in [2.75, 3.05) is 19.6 Å². The standard InChI is InChI=1S/C22H23BClN5O5/c23-15-18(30)17-16(20(32)19(15)31)26-21(33)28(17)7-1-6-27-8-4-12(5-9-27)29-14-3-2-11(24)10-13(14)25-22(29)34/h2-3,10,12,30-32H,1,4-9H2,(H,25,34)(H,26,33). The number of phenols is 3. The van der Waals surface area contributed by atoms with Crippen molar-refractivity contribution < 1.29 is 15.3 Å². The first-order chi connectivity index (χ1) is 16.3. The second-order valence-corrected chi connectivity index (χ2v) is 9.09. The highest BCUT2D eigenvalue weighted by Gasteiger charge is 2.24. The van der Waals surface area contributed by atoms with Gasteiger partial charge >= 0.3 is 11.4 Å². The number of hydrogen-bond donors (Lipinski definition) is 5. The molecule has 5 rings (SSSR count). The fraction of sp³-hybridized carbons (Fsp3) is 0.364. The zero-order chi connectivity index (χ0) is 24.1. The Balaban J connectivity index is 1.25. The highest BCUT2D eigenvalue weighted by Crippen LogP contribution is 2.35. The van der Waals surface area contributed by atoms with Crippen LogP contribution in [0.25, 0.3) is 22.1 Å². The van der Waals surface area contributed by atoms with Gasteiger partial charge in [-0.05, 0) is 49.5 Å². The van der Waals surface area contributed by atoms with Gasteiger partial charge in [0.1, 0.15) is 24.6 Å². The summed E-state index contributed by atoms with van der Waals surface area (Å²) in [5.74, 6) is -1.69. The van der Waals surface area contributed by atoms with E-state index in [1.807, 2.05) is 10.6 Å². The minimum Gasteiger partial charge on any atom is -0.506 e. The lowest BCUT2D eigenvalue weighted by molar-refractivity contribution is 0.183. The third kappa shape index (κ3) is 3.65. The number of aryl methyl sites for hydroxylation is 1. The molecule has 1 aliphatic rings. The van der Waals surface area contributed by atoms with E-state index in [4.69, 9.17) is 19.4 Å². The molecule has 0 spiro atoms. The van der Waals surface area contributed by atoms with Crippen LogP contribution in [-0.4, -0.2) is 66.8 Å². The van der Waals surface area contributed by atoms with Gasteiger partial charge in [0.25, 0.3) is 0 Å². The maximum Gasteiger partial charge on any atom is 0.326 e. The van der Waals surface area contributed by atoms with Gasteiger partial charge in [-0.3, -0.25) is 9.13 Å². The van der Waals surface area contributed by atoms with E-state index >= 15 is 0 Å². The van der Waals surface area contributed by atoms with Crippen LogP contribution in [0.15, 0.2) is 27.8 Å². The highest BCUT2D eigenvalue weighted by molar-refractivity contribution is 6.38. The van der Waals surface area contributed by atoms with E-state index in [2.05, 4.69) is 14.9 Å². The number of H-pyrrole nitrogens is 2. The van der Waals surface area contributed by atoms with E-state index in [1.54, 1.807) is 12.1 Å². The average molecular weight is 484 g/mol. The molecular weight excluding hydrogens is 461 g/mol. The van der Waals surface area contributed by atoms with Crippen molar-refractivity contribution in [1.82, 2.24) is 24.0 Å². The van der Waals surface area contributed by atoms with Gasteiger partial charge in [-0.1, -0.05) is 11.6 Å². The highest BCUT2D eigenvalue weighted by atomic mass is 35.5. The molecule has 34 heavy (non-hydrogen) atoms.